The van der Waals surface area contributed by atoms with Gasteiger partial charge in [-0.3, -0.25) is 0 Å². The molecule has 0 aliphatic carbocycles. The van der Waals surface area contributed by atoms with E-state index < -0.39 is 7.94 Å². The molecule has 1 radical (unpaired) electrons. The first-order chi connectivity index (χ1) is 14.7. The Kier molecular flexibility index (Phi) is 17.7. The monoisotopic (exact) mass is 439 g/mol. The molecule has 1 aromatic rings. The summed E-state index contributed by atoms with van der Waals surface area (Å²) in [6, 6.07) is 10.4. The zero-order chi connectivity index (χ0) is 21.8. The summed E-state index contributed by atoms with van der Waals surface area (Å²) in [5.74, 6) is 0. The molecular weight excluding hydrogens is 391 g/mol. The van der Waals surface area contributed by atoms with Crippen LogP contribution in [0.3, 0.4) is 0 Å². The molecule has 0 spiro atoms. The predicted octanol–water partition coefficient (Wildman–Crippen LogP) is 7.91. The molecule has 0 heterocycles. The fourth-order valence-corrected chi connectivity index (χ4v) is 5.55. The summed E-state index contributed by atoms with van der Waals surface area (Å²) in [6.07, 6.45) is 20.1. The third kappa shape index (κ3) is 13.8. The van der Waals surface area contributed by atoms with E-state index in [1.54, 1.807) is 0 Å². The maximum absolute atomic E-state index is 11.2. The van der Waals surface area contributed by atoms with E-state index in [-0.39, 0.29) is 0 Å². The van der Waals surface area contributed by atoms with Crippen molar-refractivity contribution in [2.75, 3.05) is 13.2 Å². The molecule has 0 aliphatic rings. The van der Waals surface area contributed by atoms with Crippen molar-refractivity contribution in [1.29, 1.82) is 0 Å². The normalized spacial score (nSPS) is 12.4. The van der Waals surface area contributed by atoms with Crippen LogP contribution in [0.15, 0.2) is 24.3 Å². The molecule has 1 aromatic carbocycles. The van der Waals surface area contributed by atoms with Gasteiger partial charge in [-0.2, -0.15) is 0 Å². The van der Waals surface area contributed by atoms with Crippen molar-refractivity contribution < 1.29 is 13.9 Å². The molecule has 1 rings (SSSR count). The van der Waals surface area contributed by atoms with Crippen LogP contribution in [0.2, 0.25) is 0 Å². The van der Waals surface area contributed by atoms with Crippen LogP contribution in [0.5, 0.6) is 0 Å². The van der Waals surface area contributed by atoms with Gasteiger partial charge in [-0.1, -0.05) is 0 Å². The van der Waals surface area contributed by atoms with Crippen LogP contribution in [-0.4, -0.2) is 18.1 Å². The molecule has 0 atom stereocenters. The maximum atomic E-state index is 11.2. The van der Waals surface area contributed by atoms with Gasteiger partial charge in [-0.25, -0.2) is 0 Å². The third-order valence-electron chi connectivity index (χ3n) is 5.67. The van der Waals surface area contributed by atoms with Gasteiger partial charge in [-0.05, 0) is 0 Å². The van der Waals surface area contributed by atoms with Crippen LogP contribution in [-0.2, 0) is 9.05 Å². The summed E-state index contributed by atoms with van der Waals surface area (Å²) in [7, 11) is -3.32. The van der Waals surface area contributed by atoms with Crippen molar-refractivity contribution in [3.05, 3.63) is 30.3 Å². The molecule has 175 valence electrons. The number of unbranched alkanes of at least 4 members (excludes halogenated alkanes) is 14. The topological polar surface area (TPSA) is 38.7 Å². The first-order valence-electron chi connectivity index (χ1n) is 12.7. The summed E-state index contributed by atoms with van der Waals surface area (Å²) in [4.78, 5) is 11.2. The third-order valence-corrected chi connectivity index (χ3v) is 7.93. The fourth-order valence-electron chi connectivity index (χ4n) is 3.70. The molecule has 30 heavy (non-hydrogen) atoms. The average molecular weight is 440 g/mol. The molecule has 1 N–H and O–H groups in total. The van der Waals surface area contributed by atoms with Crippen molar-refractivity contribution in [3.63, 3.8) is 0 Å². The van der Waals surface area contributed by atoms with Gasteiger partial charge in [0.15, 0.2) is 0 Å². The Bertz CT molecular complexity index is 458. The Morgan fingerprint density at radius 2 is 1.00 bits per heavy atom. The summed E-state index contributed by atoms with van der Waals surface area (Å²) >= 11 is 0. The van der Waals surface area contributed by atoms with Crippen LogP contribution in [0.4, 0.5) is 0 Å². The van der Waals surface area contributed by atoms with Crippen molar-refractivity contribution in [3.8, 4) is 0 Å². The molecule has 0 fully saturated rings. The van der Waals surface area contributed by atoms with Gasteiger partial charge in [-0.15, -0.1) is 0 Å². The molecule has 0 unspecified atom stereocenters. The Morgan fingerprint density at radius 3 is 1.40 bits per heavy atom. The second-order valence-electron chi connectivity index (χ2n) is 8.52. The second-order valence-corrected chi connectivity index (χ2v) is 10.8. The van der Waals surface area contributed by atoms with Crippen molar-refractivity contribution in [2.24, 2.45) is 0 Å². The molecular formula is C26H48O3P. The van der Waals surface area contributed by atoms with Crippen LogP contribution in [0.25, 0.3) is 0 Å². The Morgan fingerprint density at radius 1 is 0.633 bits per heavy atom. The summed E-state index contributed by atoms with van der Waals surface area (Å²) in [6.45, 7) is 5.66. The van der Waals surface area contributed by atoms with Gasteiger partial charge in [0, 0.05) is 0 Å². The van der Waals surface area contributed by atoms with Gasteiger partial charge in [0.25, 0.3) is 0 Å². The minimum atomic E-state index is -3.32. The van der Waals surface area contributed by atoms with Gasteiger partial charge in [0.05, 0.1) is 0 Å². The Hall–Kier alpha value is -0.470. The number of hydrogen-bond donors (Lipinski definition) is 1. The number of benzene rings is 1. The molecule has 3 nitrogen and oxygen atoms in total. The van der Waals surface area contributed by atoms with Gasteiger partial charge < -0.3 is 0 Å². The van der Waals surface area contributed by atoms with Crippen LogP contribution in [0, 0.1) is 6.07 Å². The van der Waals surface area contributed by atoms with Gasteiger partial charge >= 0.3 is 187 Å². The molecule has 0 bridgehead atoms. The van der Waals surface area contributed by atoms with E-state index in [0.717, 1.165) is 31.0 Å². The predicted molar refractivity (Wildman–Crippen MR) is 133 cm³/mol. The van der Waals surface area contributed by atoms with Crippen molar-refractivity contribution in [1.82, 2.24) is 0 Å². The standard InChI is InChI=1S/C26H48O3P/c1-3-5-7-9-11-13-15-20-24-28-30(27,26-22-18-17-19-23-26)29-25-21-16-14-12-10-8-6-4-2/h18-19,22-23,27,30H,3-16,20-21,24-25H2,1-2H3. The molecule has 4 heteroatoms. The van der Waals surface area contributed by atoms with Crippen molar-refractivity contribution >= 4 is 13.2 Å². The van der Waals surface area contributed by atoms with Gasteiger partial charge in [0.1, 0.15) is 0 Å². The fraction of sp³-hybridized carbons (Fsp3) is 0.769. The average Bonchev–Trinajstić information content (AvgIpc) is 2.77. The molecule has 0 amide bonds. The van der Waals surface area contributed by atoms with E-state index in [0.29, 0.717) is 13.2 Å². The van der Waals surface area contributed by atoms with E-state index in [1.165, 1.54) is 77.0 Å². The summed E-state index contributed by atoms with van der Waals surface area (Å²) in [5.41, 5.74) is 0. The number of rotatable bonds is 21. The molecule has 0 saturated heterocycles. The Balaban J connectivity index is 2.25. The molecule has 0 aromatic heterocycles. The molecule has 0 aliphatic heterocycles. The van der Waals surface area contributed by atoms with Crippen LogP contribution < -0.4 is 5.30 Å². The SMILES string of the molecule is CCCCCCCCCCO[PH](O)(OCCCCCCCCCC)c1cc[c]cc1. The van der Waals surface area contributed by atoms with Gasteiger partial charge in [0.2, 0.25) is 0 Å². The van der Waals surface area contributed by atoms with E-state index in [1.807, 2.05) is 24.3 Å². The molecule has 0 saturated carbocycles. The zero-order valence-electron chi connectivity index (χ0n) is 19.8. The minimum absolute atomic E-state index is 0.577. The number of hydrogen-bond acceptors (Lipinski definition) is 3. The first kappa shape index (κ1) is 27.6. The first-order valence-corrected chi connectivity index (χ1v) is 14.5. The van der Waals surface area contributed by atoms with E-state index in [4.69, 9.17) is 9.05 Å². The van der Waals surface area contributed by atoms with Crippen LogP contribution in [0.1, 0.15) is 117 Å². The summed E-state index contributed by atoms with van der Waals surface area (Å²) < 4.78 is 12.0. The summed E-state index contributed by atoms with van der Waals surface area (Å²) in [5, 5.41) is 0.792. The van der Waals surface area contributed by atoms with Crippen LogP contribution >= 0.6 is 7.94 Å². The van der Waals surface area contributed by atoms with Crippen molar-refractivity contribution in [2.45, 2.75) is 117 Å². The Labute approximate surface area is 187 Å². The van der Waals surface area contributed by atoms with E-state index in [9.17, 15) is 4.89 Å². The quantitative estimate of drug-likeness (QED) is 0.156. The van der Waals surface area contributed by atoms with E-state index in [2.05, 4.69) is 19.9 Å². The van der Waals surface area contributed by atoms with E-state index >= 15 is 0 Å². The second kappa shape index (κ2) is 19.2. The zero-order valence-corrected chi connectivity index (χ0v) is 20.8.